The van der Waals surface area contributed by atoms with E-state index in [2.05, 4.69) is 82.3 Å². The van der Waals surface area contributed by atoms with Gasteiger partial charge in [-0.3, -0.25) is 0 Å². The summed E-state index contributed by atoms with van der Waals surface area (Å²) in [6.07, 6.45) is 15.1. The Morgan fingerprint density at radius 2 is 1.61 bits per heavy atom. The zero-order valence-electron chi connectivity index (χ0n) is 17.3. The molecule has 0 saturated heterocycles. The predicted octanol–water partition coefficient (Wildman–Crippen LogP) is 1.41. The van der Waals surface area contributed by atoms with Crippen molar-refractivity contribution in [3.8, 4) is 0 Å². The zero-order valence-corrected chi connectivity index (χ0v) is 21.2. The first kappa shape index (κ1) is 24.4. The molecule has 4 unspecified atom stereocenters. The van der Waals surface area contributed by atoms with Crippen molar-refractivity contribution in [1.82, 2.24) is 0 Å². The average Bonchev–Trinajstić information content (AvgIpc) is 3.17. The normalized spacial score (nSPS) is 27.2. The molecule has 1 aromatic carbocycles. The largest absolute Gasteiger partial charge is 1.00 e. The van der Waals surface area contributed by atoms with Gasteiger partial charge in [-0.15, -0.1) is 0 Å². The molecule has 1 saturated carbocycles. The van der Waals surface area contributed by atoms with Gasteiger partial charge in [-0.2, -0.15) is 0 Å². The van der Waals surface area contributed by atoms with Crippen LogP contribution in [0.15, 0.2) is 53.9 Å². The first-order chi connectivity index (χ1) is 12.6. The number of fused-ring (bicyclic) bond motifs is 2. The summed E-state index contributed by atoms with van der Waals surface area (Å²) in [6.45, 7) is 9.80. The van der Waals surface area contributed by atoms with Crippen molar-refractivity contribution in [3.63, 3.8) is 0 Å². The van der Waals surface area contributed by atoms with Crippen LogP contribution < -0.4 is 24.8 Å². The number of benzene rings is 1. The summed E-state index contributed by atoms with van der Waals surface area (Å²) in [5.41, 5.74) is 4.76. The van der Waals surface area contributed by atoms with Gasteiger partial charge in [-0.25, -0.2) is 0 Å². The summed E-state index contributed by atoms with van der Waals surface area (Å²) < 4.78 is 1.75. The molecule has 0 aliphatic heterocycles. The maximum absolute atomic E-state index is 2.61. The molecular formula is C24H31Cl2PTi. The molecule has 3 aliphatic carbocycles. The van der Waals surface area contributed by atoms with Crippen LogP contribution in [-0.2, 0) is 19.2 Å². The van der Waals surface area contributed by atoms with E-state index >= 15 is 0 Å². The van der Waals surface area contributed by atoms with E-state index in [-0.39, 0.29) is 51.9 Å². The summed E-state index contributed by atoms with van der Waals surface area (Å²) >= 11 is -0.0466. The fourth-order valence-electron chi connectivity index (χ4n) is 5.26. The van der Waals surface area contributed by atoms with Gasteiger partial charge in [0, 0.05) is 0 Å². The Labute approximate surface area is 194 Å². The minimum absolute atomic E-state index is 0. The second-order valence-corrected chi connectivity index (χ2v) is 14.6. The van der Waals surface area contributed by atoms with Gasteiger partial charge >= 0.3 is 170 Å². The minimum Gasteiger partial charge on any atom is -1.00 e. The Morgan fingerprint density at radius 1 is 0.929 bits per heavy atom. The first-order valence-corrected chi connectivity index (χ1v) is 13.5. The van der Waals surface area contributed by atoms with Crippen LogP contribution in [0.25, 0.3) is 6.08 Å². The predicted molar refractivity (Wildman–Crippen MR) is 113 cm³/mol. The zero-order chi connectivity index (χ0) is 18.3. The van der Waals surface area contributed by atoms with Gasteiger partial charge in [-0.05, 0) is 0 Å². The van der Waals surface area contributed by atoms with Crippen LogP contribution >= 0.6 is 7.92 Å². The van der Waals surface area contributed by atoms with Crippen LogP contribution in [0.5, 0.6) is 0 Å². The molecular weight excluding hydrogens is 438 g/mol. The van der Waals surface area contributed by atoms with E-state index in [0.29, 0.717) is 0 Å². The molecule has 0 bridgehead atoms. The molecule has 0 spiro atoms. The van der Waals surface area contributed by atoms with Gasteiger partial charge in [0.2, 0.25) is 0 Å². The van der Waals surface area contributed by atoms with Crippen LogP contribution in [-0.4, -0.2) is 11.3 Å². The third-order valence-corrected chi connectivity index (χ3v) is 13.1. The van der Waals surface area contributed by atoms with Crippen LogP contribution in [0, 0.1) is 11.8 Å². The fraction of sp³-hybridized carbons (Fsp3) is 0.500. The molecule has 1 fully saturated rings. The maximum Gasteiger partial charge on any atom is -1.00 e. The molecule has 0 nitrogen and oxygen atoms in total. The van der Waals surface area contributed by atoms with Crippen molar-refractivity contribution in [2.75, 3.05) is 0 Å². The third kappa shape index (κ3) is 4.73. The number of hydrogen-bond acceptors (Lipinski definition) is 0. The monoisotopic (exact) mass is 468 g/mol. The molecule has 28 heavy (non-hydrogen) atoms. The van der Waals surface area contributed by atoms with Crippen molar-refractivity contribution >= 4 is 14.0 Å². The van der Waals surface area contributed by atoms with Gasteiger partial charge < -0.3 is 24.8 Å². The standard InChI is InChI=1S/C15H20P.C9H11.2ClH.Ti/c1-11(2)16(12(3)4)15-9-13-7-5-6-8-14(13)10-15;1-2-5-9-7-3-6-8(9)4-1;;;/h5-12H,1-4H3;1-2,4-6,8-9H,3,7H2;2*1H;/q;;;;+2/p-2. The molecule has 0 amide bonds. The molecule has 0 radical (unpaired) electrons. The Bertz CT molecular complexity index is 745. The summed E-state index contributed by atoms with van der Waals surface area (Å²) in [5, 5.41) is 1.84. The van der Waals surface area contributed by atoms with E-state index in [9.17, 15) is 0 Å². The molecule has 0 heterocycles. The van der Waals surface area contributed by atoms with E-state index in [4.69, 9.17) is 0 Å². The minimum atomic E-state index is -0.0466. The van der Waals surface area contributed by atoms with E-state index in [0.717, 1.165) is 31.6 Å². The Morgan fingerprint density at radius 3 is 2.32 bits per heavy atom. The Balaban J connectivity index is 0.00000140. The van der Waals surface area contributed by atoms with Crippen LogP contribution in [0.3, 0.4) is 0 Å². The summed E-state index contributed by atoms with van der Waals surface area (Å²) in [7, 11) is -0.0445. The SMILES string of the molecule is CC(C)P(C1=Cc2ccccc2[CH]1[Ti+2][CH]1CCC2C=CC=CC21)C(C)C.[Cl-].[Cl-]. The molecule has 4 rings (SSSR count). The Hall–Kier alpha value is 0.164. The molecule has 0 aromatic heterocycles. The molecule has 1 aromatic rings. The smallest absolute Gasteiger partial charge is 1.00 e. The molecule has 150 valence electrons. The van der Waals surface area contributed by atoms with E-state index in [1.807, 2.05) is 5.31 Å². The molecule has 4 atom stereocenters. The van der Waals surface area contributed by atoms with Crippen LogP contribution in [0.4, 0.5) is 0 Å². The first-order valence-electron chi connectivity index (χ1n) is 10.3. The molecule has 3 aliphatic rings. The number of halogens is 2. The average molecular weight is 469 g/mol. The summed E-state index contributed by atoms with van der Waals surface area (Å²) in [5.74, 6) is 1.66. The van der Waals surface area contributed by atoms with E-state index in [1.165, 1.54) is 18.4 Å². The van der Waals surface area contributed by atoms with Gasteiger partial charge in [0.25, 0.3) is 0 Å². The van der Waals surface area contributed by atoms with Crippen molar-refractivity contribution in [2.24, 2.45) is 11.8 Å². The van der Waals surface area contributed by atoms with Crippen molar-refractivity contribution in [3.05, 3.63) is 65.0 Å². The molecule has 4 heteroatoms. The number of rotatable bonds is 5. The summed E-state index contributed by atoms with van der Waals surface area (Å²) in [6, 6.07) is 9.28. The number of allylic oxidation sites excluding steroid dienone is 5. The van der Waals surface area contributed by atoms with E-state index in [1.54, 1.807) is 5.56 Å². The quantitative estimate of drug-likeness (QED) is 0.452. The second-order valence-electron chi connectivity index (χ2n) is 8.59. The maximum atomic E-state index is 2.61. The van der Waals surface area contributed by atoms with Gasteiger partial charge in [0.15, 0.2) is 0 Å². The van der Waals surface area contributed by atoms with Gasteiger partial charge in [-0.1, -0.05) is 0 Å². The third-order valence-electron chi connectivity index (χ3n) is 6.27. The van der Waals surface area contributed by atoms with Crippen molar-refractivity contribution in [2.45, 2.75) is 60.3 Å². The summed E-state index contributed by atoms with van der Waals surface area (Å²) in [4.78, 5) is 0. The van der Waals surface area contributed by atoms with E-state index < -0.39 is 0 Å². The van der Waals surface area contributed by atoms with Crippen molar-refractivity contribution in [1.29, 1.82) is 0 Å². The van der Waals surface area contributed by atoms with Gasteiger partial charge in [0.1, 0.15) is 0 Å². The Kier molecular flexibility index (Phi) is 9.13. The second kappa shape index (κ2) is 10.5. The van der Waals surface area contributed by atoms with Crippen LogP contribution in [0.2, 0.25) is 4.22 Å². The number of hydrogen-bond donors (Lipinski definition) is 0. The fourth-order valence-corrected chi connectivity index (χ4v) is 12.6. The van der Waals surface area contributed by atoms with Crippen molar-refractivity contribution < 1.29 is 44.0 Å². The van der Waals surface area contributed by atoms with Gasteiger partial charge in [0.05, 0.1) is 0 Å². The molecule has 0 N–H and O–H groups in total. The van der Waals surface area contributed by atoms with Crippen LogP contribution in [0.1, 0.15) is 55.9 Å². The topological polar surface area (TPSA) is 0 Å².